The molecule has 0 saturated heterocycles. The highest BCUT2D eigenvalue weighted by Gasteiger charge is 2.13. The normalized spacial score (nSPS) is 12.6. The standard InChI is InChI=1S/C15H19NO3S/c1-9(6-13-5-4-10(2)20-13)16-8-12-7-14(15(17)18)19-11(12)3/h4-5,7,9,16H,6,8H2,1-3H3,(H,17,18). The van der Waals surface area contributed by atoms with Crippen molar-refractivity contribution in [3.8, 4) is 0 Å². The zero-order valence-electron chi connectivity index (χ0n) is 11.9. The highest BCUT2D eigenvalue weighted by Crippen LogP contribution is 2.18. The van der Waals surface area contributed by atoms with Gasteiger partial charge < -0.3 is 14.8 Å². The van der Waals surface area contributed by atoms with E-state index in [0.29, 0.717) is 18.3 Å². The van der Waals surface area contributed by atoms with Crippen LogP contribution in [0.4, 0.5) is 0 Å². The van der Waals surface area contributed by atoms with Gasteiger partial charge in [0.1, 0.15) is 5.76 Å². The van der Waals surface area contributed by atoms with Gasteiger partial charge in [0, 0.05) is 27.9 Å². The Labute approximate surface area is 122 Å². The molecule has 1 unspecified atom stereocenters. The molecule has 0 spiro atoms. The number of furan rings is 1. The van der Waals surface area contributed by atoms with Crippen LogP contribution >= 0.6 is 11.3 Å². The number of aromatic carboxylic acids is 1. The summed E-state index contributed by atoms with van der Waals surface area (Å²) in [6.07, 6.45) is 0.973. The number of carboxylic acid groups (broad SMARTS) is 1. The van der Waals surface area contributed by atoms with E-state index in [1.165, 1.54) is 9.75 Å². The maximum absolute atomic E-state index is 10.8. The number of carboxylic acids is 1. The molecule has 0 fully saturated rings. The first-order valence-electron chi connectivity index (χ1n) is 6.57. The lowest BCUT2D eigenvalue weighted by Gasteiger charge is -2.12. The van der Waals surface area contributed by atoms with E-state index in [2.05, 4.69) is 31.3 Å². The maximum Gasteiger partial charge on any atom is 0.371 e. The summed E-state index contributed by atoms with van der Waals surface area (Å²) in [5.74, 6) is -0.364. The Morgan fingerprint density at radius 3 is 2.75 bits per heavy atom. The molecule has 0 aliphatic heterocycles. The first-order valence-corrected chi connectivity index (χ1v) is 7.38. The van der Waals surface area contributed by atoms with Crippen LogP contribution in [0.5, 0.6) is 0 Å². The Morgan fingerprint density at radius 1 is 1.45 bits per heavy atom. The zero-order valence-corrected chi connectivity index (χ0v) is 12.7. The van der Waals surface area contributed by atoms with Crippen LogP contribution in [0, 0.1) is 13.8 Å². The van der Waals surface area contributed by atoms with E-state index in [1.54, 1.807) is 13.0 Å². The minimum atomic E-state index is -1.03. The average molecular weight is 293 g/mol. The van der Waals surface area contributed by atoms with Crippen LogP contribution in [0.1, 0.15) is 38.6 Å². The summed E-state index contributed by atoms with van der Waals surface area (Å²) >= 11 is 1.81. The molecule has 0 aliphatic carbocycles. The van der Waals surface area contributed by atoms with Crippen molar-refractivity contribution in [1.29, 1.82) is 0 Å². The predicted molar refractivity (Wildman–Crippen MR) is 79.5 cm³/mol. The van der Waals surface area contributed by atoms with E-state index in [1.807, 2.05) is 11.3 Å². The van der Waals surface area contributed by atoms with Crippen LogP contribution in [0.25, 0.3) is 0 Å². The first-order chi connectivity index (χ1) is 9.45. The molecule has 5 heteroatoms. The van der Waals surface area contributed by atoms with Crippen LogP contribution in [-0.4, -0.2) is 17.1 Å². The van der Waals surface area contributed by atoms with E-state index in [9.17, 15) is 4.79 Å². The molecule has 0 aromatic carbocycles. The van der Waals surface area contributed by atoms with Gasteiger partial charge in [0.15, 0.2) is 0 Å². The molecule has 0 saturated carbocycles. The number of rotatable bonds is 6. The summed E-state index contributed by atoms with van der Waals surface area (Å²) in [7, 11) is 0. The fourth-order valence-electron chi connectivity index (χ4n) is 2.05. The molecule has 0 bridgehead atoms. The SMILES string of the molecule is Cc1ccc(CC(C)NCc2cc(C(=O)O)oc2C)s1. The molecule has 4 nitrogen and oxygen atoms in total. The molecule has 2 aromatic rings. The third-order valence-corrected chi connectivity index (χ3v) is 4.20. The van der Waals surface area contributed by atoms with Gasteiger partial charge in [-0.15, -0.1) is 11.3 Å². The van der Waals surface area contributed by atoms with Crippen LogP contribution in [0.3, 0.4) is 0 Å². The van der Waals surface area contributed by atoms with Gasteiger partial charge in [0.2, 0.25) is 5.76 Å². The highest BCUT2D eigenvalue weighted by atomic mass is 32.1. The molecular weight excluding hydrogens is 274 g/mol. The minimum absolute atomic E-state index is 0.000773. The van der Waals surface area contributed by atoms with Crippen LogP contribution in [-0.2, 0) is 13.0 Å². The number of carbonyl (C=O) groups is 1. The van der Waals surface area contributed by atoms with E-state index in [-0.39, 0.29) is 5.76 Å². The smallest absolute Gasteiger partial charge is 0.371 e. The molecule has 108 valence electrons. The van der Waals surface area contributed by atoms with Crippen molar-refractivity contribution < 1.29 is 14.3 Å². The summed E-state index contributed by atoms with van der Waals surface area (Å²) in [6, 6.07) is 6.21. The average Bonchev–Trinajstić information content (AvgIpc) is 2.93. The van der Waals surface area contributed by atoms with Gasteiger partial charge in [-0.3, -0.25) is 0 Å². The van der Waals surface area contributed by atoms with Gasteiger partial charge >= 0.3 is 5.97 Å². The largest absolute Gasteiger partial charge is 0.475 e. The second-order valence-corrected chi connectivity index (χ2v) is 6.37. The molecule has 20 heavy (non-hydrogen) atoms. The van der Waals surface area contributed by atoms with Crippen LogP contribution in [0.15, 0.2) is 22.6 Å². The van der Waals surface area contributed by atoms with Crippen molar-refractivity contribution in [1.82, 2.24) is 5.32 Å². The lowest BCUT2D eigenvalue weighted by molar-refractivity contribution is 0.0661. The second-order valence-electron chi connectivity index (χ2n) is 5.00. The summed E-state index contributed by atoms with van der Waals surface area (Å²) in [5.41, 5.74) is 0.900. The topological polar surface area (TPSA) is 62.5 Å². The fraction of sp³-hybridized carbons (Fsp3) is 0.400. The molecule has 0 aliphatic rings. The van der Waals surface area contributed by atoms with Crippen molar-refractivity contribution in [3.63, 3.8) is 0 Å². The number of hydrogen-bond donors (Lipinski definition) is 2. The molecule has 2 heterocycles. The van der Waals surface area contributed by atoms with Crippen molar-refractivity contribution in [2.24, 2.45) is 0 Å². The van der Waals surface area contributed by atoms with Crippen molar-refractivity contribution in [2.45, 2.75) is 39.8 Å². The minimum Gasteiger partial charge on any atom is -0.475 e. The Hall–Kier alpha value is -1.59. The Balaban J connectivity index is 1.89. The lowest BCUT2D eigenvalue weighted by Crippen LogP contribution is -2.27. The molecule has 2 aromatic heterocycles. The first kappa shape index (κ1) is 14.8. The van der Waals surface area contributed by atoms with Crippen molar-refractivity contribution >= 4 is 17.3 Å². The second kappa shape index (κ2) is 6.24. The van der Waals surface area contributed by atoms with E-state index in [0.717, 1.165) is 12.0 Å². The van der Waals surface area contributed by atoms with Crippen LogP contribution < -0.4 is 5.32 Å². The maximum atomic E-state index is 10.8. The van der Waals surface area contributed by atoms with E-state index in [4.69, 9.17) is 9.52 Å². The van der Waals surface area contributed by atoms with Gasteiger partial charge in [0.25, 0.3) is 0 Å². The van der Waals surface area contributed by atoms with Gasteiger partial charge in [-0.25, -0.2) is 4.79 Å². The van der Waals surface area contributed by atoms with Crippen LogP contribution in [0.2, 0.25) is 0 Å². The van der Waals surface area contributed by atoms with E-state index < -0.39 is 5.97 Å². The molecule has 0 radical (unpaired) electrons. The number of thiophene rings is 1. The summed E-state index contributed by atoms with van der Waals surface area (Å²) in [4.78, 5) is 13.5. The Kier molecular flexibility index (Phi) is 4.62. The number of hydrogen-bond acceptors (Lipinski definition) is 4. The van der Waals surface area contributed by atoms with Gasteiger partial charge in [-0.2, -0.15) is 0 Å². The summed E-state index contributed by atoms with van der Waals surface area (Å²) in [6.45, 7) is 6.64. The molecule has 2 N–H and O–H groups in total. The molecular formula is C15H19NO3S. The van der Waals surface area contributed by atoms with E-state index >= 15 is 0 Å². The lowest BCUT2D eigenvalue weighted by atomic mass is 10.2. The van der Waals surface area contributed by atoms with Crippen molar-refractivity contribution in [2.75, 3.05) is 0 Å². The monoisotopic (exact) mass is 293 g/mol. The number of aryl methyl sites for hydroxylation is 2. The quantitative estimate of drug-likeness (QED) is 0.857. The third-order valence-electron chi connectivity index (χ3n) is 3.18. The van der Waals surface area contributed by atoms with Gasteiger partial charge in [-0.1, -0.05) is 0 Å². The summed E-state index contributed by atoms with van der Waals surface area (Å²) < 4.78 is 5.19. The molecule has 0 amide bonds. The van der Waals surface area contributed by atoms with Gasteiger partial charge in [-0.05, 0) is 45.4 Å². The Morgan fingerprint density at radius 2 is 2.20 bits per heavy atom. The van der Waals surface area contributed by atoms with Gasteiger partial charge in [0.05, 0.1) is 0 Å². The predicted octanol–water partition coefficient (Wildman–Crippen LogP) is 3.38. The summed E-state index contributed by atoms with van der Waals surface area (Å²) in [5, 5.41) is 12.3. The zero-order chi connectivity index (χ0) is 14.7. The van der Waals surface area contributed by atoms with Crippen molar-refractivity contribution in [3.05, 3.63) is 45.0 Å². The Bertz CT molecular complexity index is 600. The third kappa shape index (κ3) is 3.71. The highest BCUT2D eigenvalue weighted by molar-refractivity contribution is 7.11. The molecule has 1 atom stereocenters. The number of nitrogens with one attached hydrogen (secondary N) is 1. The fourth-order valence-corrected chi connectivity index (χ4v) is 3.07. The molecule has 2 rings (SSSR count).